The third-order valence-electron chi connectivity index (χ3n) is 3.28. The number of hydrogen-bond acceptors (Lipinski definition) is 4. The van der Waals surface area contributed by atoms with Crippen LogP contribution in [0.1, 0.15) is 12.8 Å². The lowest BCUT2D eigenvalue weighted by atomic mass is 9.97. The minimum atomic E-state index is 0.576. The van der Waals surface area contributed by atoms with E-state index in [1.54, 1.807) is 12.3 Å². The number of aromatic nitrogens is 1. The Morgan fingerprint density at radius 3 is 2.88 bits per heavy atom. The van der Waals surface area contributed by atoms with E-state index in [2.05, 4.69) is 22.2 Å². The molecule has 4 nitrogen and oxygen atoms in total. The molecule has 94 valence electrons. The number of likely N-dealkylation sites (tertiary alicyclic amines) is 1. The maximum absolute atomic E-state index is 5.84. The van der Waals surface area contributed by atoms with Gasteiger partial charge in [-0.25, -0.2) is 4.98 Å². The summed E-state index contributed by atoms with van der Waals surface area (Å²) >= 11 is 5.81. The number of nitrogens with zero attached hydrogens (tertiary/aromatic N) is 2. The van der Waals surface area contributed by atoms with E-state index in [-0.39, 0.29) is 0 Å². The lowest BCUT2D eigenvalue weighted by Crippen LogP contribution is -2.33. The van der Waals surface area contributed by atoms with E-state index < -0.39 is 0 Å². The third-order valence-corrected chi connectivity index (χ3v) is 3.49. The standard InChI is InChI=1S/C12H19ClN4/c1-17-4-2-9(3-5-17)7-15-12-11(14)6-10(13)8-16-12/h6,8-9H,2-5,7,14H2,1H3,(H,15,16). The minimum Gasteiger partial charge on any atom is -0.396 e. The maximum Gasteiger partial charge on any atom is 0.149 e. The van der Waals surface area contributed by atoms with Crippen LogP contribution < -0.4 is 11.1 Å². The summed E-state index contributed by atoms with van der Waals surface area (Å²) in [6.45, 7) is 3.29. The molecule has 0 radical (unpaired) electrons. The molecule has 2 heterocycles. The first-order valence-electron chi connectivity index (χ1n) is 5.98. The van der Waals surface area contributed by atoms with Crippen molar-refractivity contribution in [1.82, 2.24) is 9.88 Å². The van der Waals surface area contributed by atoms with Gasteiger partial charge < -0.3 is 16.0 Å². The van der Waals surface area contributed by atoms with Gasteiger partial charge in [-0.15, -0.1) is 0 Å². The molecule has 0 aliphatic carbocycles. The summed E-state index contributed by atoms with van der Waals surface area (Å²) in [7, 11) is 2.17. The van der Waals surface area contributed by atoms with Gasteiger partial charge in [0.2, 0.25) is 0 Å². The fraction of sp³-hybridized carbons (Fsp3) is 0.583. The molecule has 1 aromatic rings. The van der Waals surface area contributed by atoms with Gasteiger partial charge in [0.25, 0.3) is 0 Å². The summed E-state index contributed by atoms with van der Waals surface area (Å²) in [5, 5.41) is 3.89. The number of nitrogens with two attached hydrogens (primary N) is 1. The number of anilines is 2. The van der Waals surface area contributed by atoms with Gasteiger partial charge in [-0.1, -0.05) is 11.6 Å². The monoisotopic (exact) mass is 254 g/mol. The molecule has 0 amide bonds. The number of hydrogen-bond donors (Lipinski definition) is 2. The summed E-state index contributed by atoms with van der Waals surface area (Å²) in [5.74, 6) is 1.46. The van der Waals surface area contributed by atoms with Crippen LogP contribution in [0.15, 0.2) is 12.3 Å². The van der Waals surface area contributed by atoms with Gasteiger partial charge in [-0.2, -0.15) is 0 Å². The molecule has 3 N–H and O–H groups in total. The number of nitrogen functional groups attached to an aromatic ring is 1. The average molecular weight is 255 g/mol. The molecule has 0 atom stereocenters. The average Bonchev–Trinajstić information content (AvgIpc) is 2.30. The highest BCUT2D eigenvalue weighted by Crippen LogP contribution is 2.21. The second-order valence-corrected chi connectivity index (χ2v) is 5.16. The van der Waals surface area contributed by atoms with E-state index in [0.29, 0.717) is 16.6 Å². The molecule has 2 rings (SSSR count). The molecular weight excluding hydrogens is 236 g/mol. The van der Waals surface area contributed by atoms with Crippen molar-refractivity contribution < 1.29 is 0 Å². The largest absolute Gasteiger partial charge is 0.396 e. The van der Waals surface area contributed by atoms with Crippen molar-refractivity contribution in [2.24, 2.45) is 5.92 Å². The number of rotatable bonds is 3. The molecule has 0 saturated carbocycles. The fourth-order valence-corrected chi connectivity index (χ4v) is 2.28. The highest BCUT2D eigenvalue weighted by atomic mass is 35.5. The van der Waals surface area contributed by atoms with E-state index >= 15 is 0 Å². The van der Waals surface area contributed by atoms with Crippen LogP contribution in [0.5, 0.6) is 0 Å². The van der Waals surface area contributed by atoms with Crippen LogP contribution in [0.25, 0.3) is 0 Å². The first-order valence-corrected chi connectivity index (χ1v) is 6.36. The second-order valence-electron chi connectivity index (χ2n) is 4.72. The van der Waals surface area contributed by atoms with Crippen LogP contribution in [0.2, 0.25) is 5.02 Å². The van der Waals surface area contributed by atoms with Gasteiger partial charge in [-0.05, 0) is 45.0 Å². The Kier molecular flexibility index (Phi) is 4.07. The SMILES string of the molecule is CN1CCC(CNc2ncc(Cl)cc2N)CC1. The molecule has 1 saturated heterocycles. The summed E-state index contributed by atoms with van der Waals surface area (Å²) in [4.78, 5) is 6.57. The molecule has 1 aliphatic rings. The Balaban J connectivity index is 1.85. The Morgan fingerprint density at radius 1 is 1.53 bits per heavy atom. The quantitative estimate of drug-likeness (QED) is 0.867. The van der Waals surface area contributed by atoms with Crippen LogP contribution in [0, 0.1) is 5.92 Å². The van der Waals surface area contributed by atoms with Crippen LogP contribution in [-0.4, -0.2) is 36.6 Å². The molecule has 0 spiro atoms. The molecule has 0 aromatic carbocycles. The molecule has 0 bridgehead atoms. The third kappa shape index (κ3) is 3.48. The van der Waals surface area contributed by atoms with Gasteiger partial charge in [0.05, 0.1) is 10.7 Å². The highest BCUT2D eigenvalue weighted by molar-refractivity contribution is 6.30. The van der Waals surface area contributed by atoms with Crippen molar-refractivity contribution in [3.8, 4) is 0 Å². The first-order chi connectivity index (χ1) is 8.15. The zero-order valence-electron chi connectivity index (χ0n) is 10.1. The normalized spacial score (nSPS) is 18.2. The van der Waals surface area contributed by atoms with Gasteiger partial charge in [-0.3, -0.25) is 0 Å². The van der Waals surface area contributed by atoms with Crippen molar-refractivity contribution in [2.45, 2.75) is 12.8 Å². The van der Waals surface area contributed by atoms with E-state index in [4.69, 9.17) is 17.3 Å². The summed E-state index contributed by atoms with van der Waals surface area (Å²) in [6, 6.07) is 1.73. The van der Waals surface area contributed by atoms with Gasteiger partial charge in [0, 0.05) is 12.7 Å². The molecule has 1 aromatic heterocycles. The van der Waals surface area contributed by atoms with Gasteiger partial charge >= 0.3 is 0 Å². The minimum absolute atomic E-state index is 0.576. The Morgan fingerprint density at radius 2 is 2.24 bits per heavy atom. The van der Waals surface area contributed by atoms with Crippen LogP contribution in [-0.2, 0) is 0 Å². The van der Waals surface area contributed by atoms with E-state index in [0.717, 1.165) is 12.4 Å². The smallest absolute Gasteiger partial charge is 0.149 e. The van der Waals surface area contributed by atoms with Gasteiger partial charge in [0.15, 0.2) is 0 Å². The predicted octanol–water partition coefficient (Wildman–Crippen LogP) is 2.07. The zero-order chi connectivity index (χ0) is 12.3. The Bertz CT molecular complexity index is 375. The van der Waals surface area contributed by atoms with E-state index in [1.165, 1.54) is 25.9 Å². The van der Waals surface area contributed by atoms with Crippen LogP contribution >= 0.6 is 11.6 Å². The zero-order valence-corrected chi connectivity index (χ0v) is 10.9. The number of halogens is 1. The van der Waals surface area contributed by atoms with Gasteiger partial charge in [0.1, 0.15) is 5.82 Å². The molecule has 1 aliphatic heterocycles. The molecule has 1 fully saturated rings. The predicted molar refractivity (Wildman–Crippen MR) is 72.4 cm³/mol. The maximum atomic E-state index is 5.84. The number of pyridine rings is 1. The Hall–Kier alpha value is -1.00. The van der Waals surface area contributed by atoms with E-state index in [1.807, 2.05) is 0 Å². The molecule has 0 unspecified atom stereocenters. The number of nitrogens with one attached hydrogen (secondary N) is 1. The summed E-state index contributed by atoms with van der Waals surface area (Å²) in [5.41, 5.74) is 6.46. The molecule has 5 heteroatoms. The molecule has 17 heavy (non-hydrogen) atoms. The first kappa shape index (κ1) is 12.5. The van der Waals surface area contributed by atoms with Crippen LogP contribution in [0.4, 0.5) is 11.5 Å². The van der Waals surface area contributed by atoms with Crippen molar-refractivity contribution >= 4 is 23.1 Å². The topological polar surface area (TPSA) is 54.2 Å². The Labute approximate surface area is 107 Å². The fourth-order valence-electron chi connectivity index (χ4n) is 2.11. The van der Waals surface area contributed by atoms with Crippen LogP contribution in [0.3, 0.4) is 0 Å². The van der Waals surface area contributed by atoms with Crippen molar-refractivity contribution in [3.63, 3.8) is 0 Å². The lowest BCUT2D eigenvalue weighted by molar-refractivity contribution is 0.226. The van der Waals surface area contributed by atoms with Crippen molar-refractivity contribution in [2.75, 3.05) is 37.7 Å². The number of piperidine rings is 1. The van der Waals surface area contributed by atoms with Crippen molar-refractivity contribution in [1.29, 1.82) is 0 Å². The summed E-state index contributed by atoms with van der Waals surface area (Å²) < 4.78 is 0. The lowest BCUT2D eigenvalue weighted by Gasteiger charge is -2.29. The summed E-state index contributed by atoms with van der Waals surface area (Å²) in [6.07, 6.45) is 4.09. The van der Waals surface area contributed by atoms with Crippen molar-refractivity contribution in [3.05, 3.63) is 17.3 Å². The molecular formula is C12H19ClN4. The highest BCUT2D eigenvalue weighted by Gasteiger charge is 2.16. The second kappa shape index (κ2) is 5.56. The van der Waals surface area contributed by atoms with E-state index in [9.17, 15) is 0 Å².